The molecule has 0 saturated heterocycles. The van der Waals surface area contributed by atoms with Gasteiger partial charge in [-0.1, -0.05) is 6.07 Å². The van der Waals surface area contributed by atoms with Crippen molar-refractivity contribution in [1.82, 2.24) is 0 Å². The standard InChI is InChI=1S/C25H20O8/c1-4-29-19-10-30-23-14-9-17(28-3)16(27-2)8-13(14)20(21-22(23)24(19)33-25(21)26)12-5-6-15-18(7-12)32-11-31-15/h5-9H,4,10-11H2,1-3H3. The Morgan fingerprint density at radius 1 is 0.879 bits per heavy atom. The molecule has 0 spiro atoms. The van der Waals surface area contributed by atoms with Crippen molar-refractivity contribution < 1.29 is 38.0 Å². The minimum atomic E-state index is -0.465. The summed E-state index contributed by atoms with van der Waals surface area (Å²) in [6, 6.07) is 9.28. The first-order valence-corrected chi connectivity index (χ1v) is 10.5. The molecule has 0 unspecified atom stereocenters. The van der Waals surface area contributed by atoms with Gasteiger partial charge in [-0.25, -0.2) is 4.79 Å². The van der Waals surface area contributed by atoms with E-state index in [2.05, 4.69) is 0 Å². The van der Waals surface area contributed by atoms with Gasteiger partial charge < -0.3 is 33.2 Å². The number of carbonyl (C=O) groups is 1. The second kappa shape index (κ2) is 7.23. The summed E-state index contributed by atoms with van der Waals surface area (Å²) in [6.07, 6.45) is 0. The molecule has 3 aromatic rings. The first-order chi connectivity index (χ1) is 16.1. The van der Waals surface area contributed by atoms with Crippen molar-refractivity contribution in [3.63, 3.8) is 0 Å². The second-order valence-electron chi connectivity index (χ2n) is 7.64. The van der Waals surface area contributed by atoms with E-state index in [1.165, 1.54) is 0 Å². The molecule has 0 fully saturated rings. The Kier molecular flexibility index (Phi) is 4.29. The van der Waals surface area contributed by atoms with E-state index < -0.39 is 5.97 Å². The first-order valence-electron chi connectivity index (χ1n) is 10.5. The maximum Gasteiger partial charge on any atom is 0.345 e. The average molecular weight is 448 g/mol. The summed E-state index contributed by atoms with van der Waals surface area (Å²) in [4.78, 5) is 13.2. The third kappa shape index (κ3) is 2.73. The summed E-state index contributed by atoms with van der Waals surface area (Å²) in [5, 5.41) is 1.53. The number of hydrogen-bond donors (Lipinski definition) is 0. The van der Waals surface area contributed by atoms with Crippen LogP contribution in [0.1, 0.15) is 22.8 Å². The Balaban J connectivity index is 1.74. The van der Waals surface area contributed by atoms with Crippen LogP contribution in [0.15, 0.2) is 36.1 Å². The smallest absolute Gasteiger partial charge is 0.345 e. The lowest BCUT2D eigenvalue weighted by Gasteiger charge is -2.23. The number of esters is 1. The van der Waals surface area contributed by atoms with E-state index >= 15 is 0 Å². The predicted molar refractivity (Wildman–Crippen MR) is 118 cm³/mol. The molecule has 3 heterocycles. The van der Waals surface area contributed by atoms with Crippen LogP contribution in [0.2, 0.25) is 0 Å². The van der Waals surface area contributed by atoms with Crippen molar-refractivity contribution in [3.05, 3.63) is 47.2 Å². The zero-order valence-corrected chi connectivity index (χ0v) is 18.3. The van der Waals surface area contributed by atoms with Crippen LogP contribution >= 0.6 is 0 Å². The highest BCUT2D eigenvalue weighted by Crippen LogP contribution is 2.53. The van der Waals surface area contributed by atoms with Crippen molar-refractivity contribution in [2.24, 2.45) is 0 Å². The molecule has 0 aromatic heterocycles. The van der Waals surface area contributed by atoms with Gasteiger partial charge in [-0.2, -0.15) is 0 Å². The number of benzene rings is 3. The fourth-order valence-electron chi connectivity index (χ4n) is 4.58. The van der Waals surface area contributed by atoms with E-state index in [0.717, 1.165) is 16.3 Å². The number of rotatable bonds is 5. The van der Waals surface area contributed by atoms with Gasteiger partial charge in [0.1, 0.15) is 12.4 Å². The Morgan fingerprint density at radius 3 is 2.39 bits per heavy atom. The van der Waals surface area contributed by atoms with E-state index in [9.17, 15) is 4.79 Å². The molecule has 3 aliphatic rings. The third-order valence-corrected chi connectivity index (χ3v) is 5.97. The summed E-state index contributed by atoms with van der Waals surface area (Å²) in [7, 11) is 3.15. The number of hydrogen-bond acceptors (Lipinski definition) is 8. The van der Waals surface area contributed by atoms with Crippen molar-refractivity contribution in [2.45, 2.75) is 6.92 Å². The summed E-state index contributed by atoms with van der Waals surface area (Å²) in [6.45, 7) is 2.62. The monoisotopic (exact) mass is 448 g/mol. The summed E-state index contributed by atoms with van der Waals surface area (Å²) in [5.41, 5.74) is 2.46. The van der Waals surface area contributed by atoms with Gasteiger partial charge >= 0.3 is 5.97 Å². The fraction of sp³-hybridized carbons (Fsp3) is 0.240. The lowest BCUT2D eigenvalue weighted by atomic mass is 9.88. The molecule has 0 aliphatic carbocycles. The Hall–Kier alpha value is -4.07. The molecular formula is C25H20O8. The second-order valence-corrected chi connectivity index (χ2v) is 7.64. The summed E-state index contributed by atoms with van der Waals surface area (Å²) in [5.74, 6) is 3.33. The molecule has 8 nitrogen and oxygen atoms in total. The summed E-state index contributed by atoms with van der Waals surface area (Å²) < 4.78 is 39.7. The number of carbonyl (C=O) groups excluding carboxylic acids is 1. The van der Waals surface area contributed by atoms with Crippen LogP contribution < -0.4 is 23.7 Å². The van der Waals surface area contributed by atoms with Crippen LogP contribution in [0.25, 0.3) is 27.7 Å². The molecule has 3 aromatic carbocycles. The Labute approximate surface area is 189 Å². The zero-order chi connectivity index (χ0) is 22.7. The van der Waals surface area contributed by atoms with Crippen molar-refractivity contribution in [1.29, 1.82) is 0 Å². The van der Waals surface area contributed by atoms with Crippen LogP contribution in [0.4, 0.5) is 0 Å². The van der Waals surface area contributed by atoms with E-state index in [4.69, 9.17) is 33.2 Å². The van der Waals surface area contributed by atoms with E-state index in [0.29, 0.717) is 63.6 Å². The molecule has 3 aliphatic heterocycles. The van der Waals surface area contributed by atoms with E-state index in [-0.39, 0.29) is 13.4 Å². The normalized spacial score (nSPS) is 15.3. The zero-order valence-electron chi connectivity index (χ0n) is 18.3. The van der Waals surface area contributed by atoms with Gasteiger partial charge in [0.2, 0.25) is 6.79 Å². The molecule has 0 N–H and O–H groups in total. The molecule has 6 rings (SSSR count). The first kappa shape index (κ1) is 19.6. The fourth-order valence-corrected chi connectivity index (χ4v) is 4.58. The van der Waals surface area contributed by atoms with Gasteiger partial charge in [0.05, 0.1) is 32.0 Å². The predicted octanol–water partition coefficient (Wildman–Crippen LogP) is 4.52. The van der Waals surface area contributed by atoms with Crippen LogP contribution in [-0.4, -0.2) is 40.2 Å². The van der Waals surface area contributed by atoms with Crippen LogP contribution in [0, 0.1) is 0 Å². The number of methoxy groups -OCH3 is 2. The molecule has 8 heteroatoms. The SMILES string of the molecule is CCOC1=C2OC(=O)c3c2c(c2cc(OC)c(OC)cc2c3-c2ccc3c(c2)OCO3)OC1. The van der Waals surface area contributed by atoms with Gasteiger partial charge in [0, 0.05) is 10.9 Å². The van der Waals surface area contributed by atoms with Crippen molar-refractivity contribution in [2.75, 3.05) is 34.2 Å². The van der Waals surface area contributed by atoms with Crippen LogP contribution in [0.5, 0.6) is 28.7 Å². The largest absolute Gasteiger partial charge is 0.493 e. The minimum absolute atomic E-state index is 0.155. The number of fused-ring (bicyclic) bond motifs is 3. The van der Waals surface area contributed by atoms with Crippen molar-refractivity contribution in [3.8, 4) is 39.9 Å². The van der Waals surface area contributed by atoms with Gasteiger partial charge in [0.25, 0.3) is 0 Å². The van der Waals surface area contributed by atoms with Crippen LogP contribution in [-0.2, 0) is 9.47 Å². The Morgan fingerprint density at radius 2 is 1.64 bits per heavy atom. The lowest BCUT2D eigenvalue weighted by Crippen LogP contribution is -2.14. The van der Waals surface area contributed by atoms with Gasteiger partial charge in [-0.3, -0.25) is 0 Å². The highest BCUT2D eigenvalue weighted by atomic mass is 16.7. The number of ether oxygens (including phenoxy) is 7. The molecule has 0 atom stereocenters. The molecule has 168 valence electrons. The topological polar surface area (TPSA) is 81.7 Å². The molecule has 0 radical (unpaired) electrons. The van der Waals surface area contributed by atoms with Gasteiger partial charge in [0.15, 0.2) is 34.5 Å². The Bertz CT molecular complexity index is 1370. The molecule has 0 bridgehead atoms. The minimum Gasteiger partial charge on any atom is -0.493 e. The van der Waals surface area contributed by atoms with Gasteiger partial charge in [-0.15, -0.1) is 0 Å². The van der Waals surface area contributed by atoms with E-state index in [1.807, 2.05) is 37.3 Å². The summed E-state index contributed by atoms with van der Waals surface area (Å²) >= 11 is 0. The highest BCUT2D eigenvalue weighted by molar-refractivity contribution is 6.19. The van der Waals surface area contributed by atoms with Gasteiger partial charge in [-0.05, 0) is 42.1 Å². The average Bonchev–Trinajstić information content (AvgIpc) is 3.44. The highest BCUT2D eigenvalue weighted by Gasteiger charge is 2.41. The lowest BCUT2D eigenvalue weighted by molar-refractivity contribution is 0.0698. The molecular weight excluding hydrogens is 428 g/mol. The third-order valence-electron chi connectivity index (χ3n) is 5.97. The molecule has 0 amide bonds. The van der Waals surface area contributed by atoms with E-state index in [1.54, 1.807) is 14.2 Å². The maximum absolute atomic E-state index is 13.2. The van der Waals surface area contributed by atoms with Crippen LogP contribution in [0.3, 0.4) is 0 Å². The molecule has 0 saturated carbocycles. The maximum atomic E-state index is 13.2. The molecule has 33 heavy (non-hydrogen) atoms. The van der Waals surface area contributed by atoms with Crippen molar-refractivity contribution >= 4 is 22.5 Å². The quantitative estimate of drug-likeness (QED) is 0.527.